The number of anilines is 1. The number of para-hydroxylation sites is 1. The summed E-state index contributed by atoms with van der Waals surface area (Å²) in [6, 6.07) is 15.0. The van der Waals surface area contributed by atoms with E-state index < -0.39 is 23.8 Å². The molecular weight excluding hydrogens is 456 g/mol. The lowest BCUT2D eigenvalue weighted by Crippen LogP contribution is -2.54. The van der Waals surface area contributed by atoms with Gasteiger partial charge in [0, 0.05) is 0 Å². The molecule has 2 heterocycles. The second-order valence-electron chi connectivity index (χ2n) is 7.29. The Balaban J connectivity index is 1.59. The molecule has 1 aliphatic rings. The first-order valence-electron chi connectivity index (χ1n) is 10.6. The van der Waals surface area contributed by atoms with Crippen molar-refractivity contribution < 1.29 is 38.2 Å². The van der Waals surface area contributed by atoms with E-state index in [-0.39, 0.29) is 17.9 Å². The zero-order chi connectivity index (χ0) is 24.9. The average molecular weight is 476 g/mol. The van der Waals surface area contributed by atoms with Gasteiger partial charge in [0.2, 0.25) is 5.76 Å². The van der Waals surface area contributed by atoms with Crippen molar-refractivity contribution in [3.63, 3.8) is 0 Å². The van der Waals surface area contributed by atoms with Gasteiger partial charge in [-0.3, -0.25) is 14.9 Å². The number of benzene rings is 2. The van der Waals surface area contributed by atoms with Gasteiger partial charge in [0.25, 0.3) is 11.8 Å². The van der Waals surface area contributed by atoms with Gasteiger partial charge in [-0.1, -0.05) is 24.3 Å². The van der Waals surface area contributed by atoms with Gasteiger partial charge in [-0.15, -0.1) is 0 Å². The molecule has 178 valence electrons. The largest absolute Gasteiger partial charge is 0.490 e. The smallest absolute Gasteiger partial charge is 0.371 e. The second-order valence-corrected chi connectivity index (χ2v) is 7.29. The number of hydrogen-bond acceptors (Lipinski definition) is 7. The van der Waals surface area contributed by atoms with Gasteiger partial charge in [0.15, 0.2) is 11.5 Å². The van der Waals surface area contributed by atoms with E-state index in [1.165, 1.54) is 18.2 Å². The fourth-order valence-corrected chi connectivity index (χ4v) is 3.36. The third kappa shape index (κ3) is 5.06. The lowest BCUT2D eigenvalue weighted by Gasteiger charge is -2.26. The van der Waals surface area contributed by atoms with E-state index in [1.54, 1.807) is 55.5 Å². The highest BCUT2D eigenvalue weighted by Crippen LogP contribution is 2.31. The monoisotopic (exact) mass is 476 g/mol. The predicted octanol–water partition coefficient (Wildman–Crippen LogP) is 3.62. The first-order valence-corrected chi connectivity index (χ1v) is 10.6. The van der Waals surface area contributed by atoms with Crippen LogP contribution in [0, 0.1) is 0 Å². The molecule has 0 bridgehead atoms. The molecule has 1 saturated heterocycles. The average Bonchev–Trinajstić information content (AvgIpc) is 3.31. The van der Waals surface area contributed by atoms with Crippen LogP contribution in [0.15, 0.2) is 70.7 Å². The van der Waals surface area contributed by atoms with Crippen molar-refractivity contribution in [2.45, 2.75) is 13.5 Å². The molecule has 4 rings (SSSR count). The van der Waals surface area contributed by atoms with Crippen LogP contribution in [-0.4, -0.2) is 35.5 Å². The molecular formula is C25H20N2O8. The fourth-order valence-electron chi connectivity index (χ4n) is 3.36. The van der Waals surface area contributed by atoms with Gasteiger partial charge in [-0.25, -0.2) is 14.5 Å². The molecule has 0 atom stereocenters. The highest BCUT2D eigenvalue weighted by Gasteiger charge is 2.36. The van der Waals surface area contributed by atoms with Gasteiger partial charge >= 0.3 is 12.0 Å². The summed E-state index contributed by atoms with van der Waals surface area (Å²) in [5.74, 6) is -1.94. The van der Waals surface area contributed by atoms with Gasteiger partial charge in [0.05, 0.1) is 12.3 Å². The van der Waals surface area contributed by atoms with Crippen molar-refractivity contribution in [2.75, 3.05) is 11.5 Å². The molecule has 10 heteroatoms. The molecule has 0 saturated carbocycles. The summed E-state index contributed by atoms with van der Waals surface area (Å²) in [5, 5.41) is 11.1. The molecule has 1 aromatic heterocycles. The number of nitrogens with one attached hydrogen (secondary N) is 1. The molecule has 1 aliphatic heterocycles. The number of ether oxygens (including phenoxy) is 2. The van der Waals surface area contributed by atoms with Crippen molar-refractivity contribution in [3.05, 3.63) is 83.3 Å². The highest BCUT2D eigenvalue weighted by atomic mass is 16.5. The minimum atomic E-state index is -1.18. The molecule has 2 N–H and O–H groups in total. The lowest BCUT2D eigenvalue weighted by atomic mass is 10.1. The van der Waals surface area contributed by atoms with E-state index in [2.05, 4.69) is 5.32 Å². The molecule has 0 spiro atoms. The molecule has 10 nitrogen and oxygen atoms in total. The van der Waals surface area contributed by atoms with Crippen LogP contribution in [0.4, 0.5) is 10.5 Å². The summed E-state index contributed by atoms with van der Waals surface area (Å²) >= 11 is 0. The van der Waals surface area contributed by atoms with Gasteiger partial charge in [0.1, 0.15) is 17.9 Å². The number of barbiturate groups is 1. The van der Waals surface area contributed by atoms with Gasteiger partial charge in [-0.05, 0) is 55.0 Å². The number of imide groups is 2. The van der Waals surface area contributed by atoms with Crippen molar-refractivity contribution >= 4 is 35.6 Å². The quantitative estimate of drug-likeness (QED) is 0.372. The maximum Gasteiger partial charge on any atom is 0.371 e. The SMILES string of the molecule is CCOc1cc(C=C2C(=O)NC(=O)N(c3ccccc3)C2=O)ccc1OCc1ccc(C(=O)O)o1. The Morgan fingerprint density at radius 1 is 1.03 bits per heavy atom. The number of amides is 4. The van der Waals surface area contributed by atoms with Gasteiger partial charge in [-0.2, -0.15) is 0 Å². The van der Waals surface area contributed by atoms with Crippen LogP contribution >= 0.6 is 0 Å². The van der Waals surface area contributed by atoms with E-state index in [9.17, 15) is 19.2 Å². The van der Waals surface area contributed by atoms with E-state index in [0.29, 0.717) is 35.1 Å². The number of urea groups is 1. The van der Waals surface area contributed by atoms with E-state index >= 15 is 0 Å². The topological polar surface area (TPSA) is 135 Å². The standard InChI is InChI=1S/C25H20N2O8/c1-2-33-21-13-15(8-10-19(21)34-14-17-9-11-20(35-17)24(30)31)12-18-22(28)26-25(32)27(23(18)29)16-6-4-3-5-7-16/h3-13H,2,14H2,1H3,(H,30,31)(H,26,28,32). The number of hydrogen-bond donors (Lipinski definition) is 2. The van der Waals surface area contributed by atoms with Crippen LogP contribution in [0.2, 0.25) is 0 Å². The summed E-state index contributed by atoms with van der Waals surface area (Å²) in [4.78, 5) is 49.6. The maximum absolute atomic E-state index is 13.0. The Morgan fingerprint density at radius 3 is 2.49 bits per heavy atom. The first kappa shape index (κ1) is 23.3. The normalized spacial score (nSPS) is 14.7. The second kappa shape index (κ2) is 9.96. The lowest BCUT2D eigenvalue weighted by molar-refractivity contribution is -0.122. The summed E-state index contributed by atoms with van der Waals surface area (Å²) in [6.45, 7) is 2.06. The number of carboxylic acids is 1. The molecule has 0 radical (unpaired) electrons. The Bertz CT molecular complexity index is 1330. The van der Waals surface area contributed by atoms with Crippen LogP contribution in [0.3, 0.4) is 0 Å². The molecule has 2 aromatic carbocycles. The van der Waals surface area contributed by atoms with Crippen LogP contribution < -0.4 is 19.7 Å². The van der Waals surface area contributed by atoms with Crippen LogP contribution in [-0.2, 0) is 16.2 Å². The number of nitrogens with zero attached hydrogens (tertiary/aromatic N) is 1. The van der Waals surface area contributed by atoms with Crippen molar-refractivity contribution in [2.24, 2.45) is 0 Å². The molecule has 0 unspecified atom stereocenters. The first-order chi connectivity index (χ1) is 16.9. The molecule has 1 fully saturated rings. The number of rotatable bonds is 8. The fraction of sp³-hybridized carbons (Fsp3) is 0.120. The Hall–Kier alpha value is -4.86. The van der Waals surface area contributed by atoms with Crippen molar-refractivity contribution in [1.29, 1.82) is 0 Å². The number of carboxylic acid groups (broad SMARTS) is 1. The Morgan fingerprint density at radius 2 is 1.80 bits per heavy atom. The maximum atomic E-state index is 13.0. The Kier molecular flexibility index (Phi) is 6.63. The number of aromatic carboxylic acids is 1. The number of carbonyl (C=O) groups excluding carboxylic acids is 3. The molecule has 3 aromatic rings. The van der Waals surface area contributed by atoms with E-state index in [1.807, 2.05) is 0 Å². The minimum Gasteiger partial charge on any atom is -0.490 e. The minimum absolute atomic E-state index is 0.0389. The highest BCUT2D eigenvalue weighted by molar-refractivity contribution is 6.39. The summed E-state index contributed by atoms with van der Waals surface area (Å²) in [7, 11) is 0. The van der Waals surface area contributed by atoms with Crippen LogP contribution in [0.25, 0.3) is 6.08 Å². The molecule has 0 aliphatic carbocycles. The predicted molar refractivity (Wildman–Crippen MR) is 123 cm³/mol. The number of carbonyl (C=O) groups is 4. The van der Waals surface area contributed by atoms with Crippen molar-refractivity contribution in [3.8, 4) is 11.5 Å². The van der Waals surface area contributed by atoms with E-state index in [4.69, 9.17) is 19.0 Å². The van der Waals surface area contributed by atoms with Crippen LogP contribution in [0.1, 0.15) is 28.8 Å². The molecule has 35 heavy (non-hydrogen) atoms. The third-order valence-electron chi connectivity index (χ3n) is 4.94. The third-order valence-corrected chi connectivity index (χ3v) is 4.94. The summed E-state index contributed by atoms with van der Waals surface area (Å²) < 4.78 is 16.5. The summed E-state index contributed by atoms with van der Waals surface area (Å²) in [5.41, 5.74) is 0.574. The number of furan rings is 1. The van der Waals surface area contributed by atoms with Gasteiger partial charge < -0.3 is 19.0 Å². The molecule has 4 amide bonds. The zero-order valence-electron chi connectivity index (χ0n) is 18.5. The van der Waals surface area contributed by atoms with Crippen molar-refractivity contribution in [1.82, 2.24) is 5.32 Å². The summed E-state index contributed by atoms with van der Waals surface area (Å²) in [6.07, 6.45) is 1.36. The van der Waals surface area contributed by atoms with E-state index in [0.717, 1.165) is 4.90 Å². The zero-order valence-corrected chi connectivity index (χ0v) is 18.5. The van der Waals surface area contributed by atoms with Crippen LogP contribution in [0.5, 0.6) is 11.5 Å². The Labute approximate surface area is 199 Å².